The number of hydrogen-bond donors (Lipinski definition) is 2. The van der Waals surface area contributed by atoms with E-state index in [4.69, 9.17) is 0 Å². The minimum absolute atomic E-state index is 0.126. The number of nitrogens with one attached hydrogen (secondary N) is 2. The van der Waals surface area contributed by atoms with E-state index in [-0.39, 0.29) is 11.7 Å². The maximum absolute atomic E-state index is 12.7. The average Bonchev–Trinajstić information content (AvgIpc) is 3.50. The van der Waals surface area contributed by atoms with Gasteiger partial charge < -0.3 is 5.32 Å². The van der Waals surface area contributed by atoms with Crippen LogP contribution in [0.5, 0.6) is 0 Å². The largest absolute Gasteiger partial charge is 0.325 e. The van der Waals surface area contributed by atoms with Gasteiger partial charge in [-0.05, 0) is 53.9 Å². The van der Waals surface area contributed by atoms with E-state index < -0.39 is 0 Å². The third-order valence-electron chi connectivity index (χ3n) is 5.45. The first-order chi connectivity index (χ1) is 16.6. The molecule has 0 spiro atoms. The molecule has 9 heteroatoms. The molecule has 0 unspecified atom stereocenters. The van der Waals surface area contributed by atoms with E-state index in [0.29, 0.717) is 22.6 Å². The van der Waals surface area contributed by atoms with Crippen LogP contribution in [0.1, 0.15) is 25.3 Å². The average molecular weight is 470 g/mol. The molecule has 3 aromatic heterocycles. The van der Waals surface area contributed by atoms with Crippen molar-refractivity contribution in [3.05, 3.63) is 78.8 Å². The molecule has 0 aliphatic carbocycles. The van der Waals surface area contributed by atoms with Crippen LogP contribution in [0.3, 0.4) is 0 Å². The number of benzene rings is 2. The molecule has 0 saturated carbocycles. The topological polar surface area (TPSA) is 101 Å². The van der Waals surface area contributed by atoms with Crippen LogP contribution in [0.15, 0.2) is 78.3 Å². The lowest BCUT2D eigenvalue weighted by atomic mass is 10.0. The number of H-pyrrole nitrogens is 1. The Hall–Kier alpha value is -3.98. The lowest BCUT2D eigenvalue weighted by Gasteiger charge is -2.12. The van der Waals surface area contributed by atoms with Gasteiger partial charge in [-0.15, -0.1) is 10.2 Å². The van der Waals surface area contributed by atoms with E-state index in [1.54, 1.807) is 18.6 Å². The molecule has 0 aliphatic rings. The molecule has 170 valence electrons. The normalized spacial score (nSPS) is 11.3. The number of aromatic nitrogens is 6. The van der Waals surface area contributed by atoms with Gasteiger partial charge in [-0.2, -0.15) is 5.10 Å². The maximum atomic E-state index is 12.7. The summed E-state index contributed by atoms with van der Waals surface area (Å²) in [6.07, 6.45) is 5.21. The highest BCUT2D eigenvalue weighted by Crippen LogP contribution is 2.29. The molecule has 5 rings (SSSR count). The van der Waals surface area contributed by atoms with Crippen LogP contribution < -0.4 is 5.32 Å². The highest BCUT2D eigenvalue weighted by atomic mass is 32.2. The number of nitrogens with zero attached hydrogens (tertiary/aromatic N) is 5. The molecule has 2 aromatic carbocycles. The number of carbonyl (C=O) groups is 1. The first kappa shape index (κ1) is 21.8. The minimum Gasteiger partial charge on any atom is -0.325 e. The Bertz CT molecular complexity index is 1420. The Morgan fingerprint density at radius 3 is 2.62 bits per heavy atom. The van der Waals surface area contributed by atoms with Crippen LogP contribution in [0, 0.1) is 0 Å². The molecular formula is C25H23N7OS. The molecular weight excluding hydrogens is 446 g/mol. The molecule has 0 saturated heterocycles. The SMILES string of the molecule is CC(C)c1ccc(-n2c(SCC(=O)Nc3ccc4cn[nH]c4c3)nnc2-c2ccncc2)cc1. The number of hydrogen-bond acceptors (Lipinski definition) is 6. The fourth-order valence-electron chi connectivity index (χ4n) is 3.63. The molecule has 0 atom stereocenters. The number of aromatic amines is 1. The summed E-state index contributed by atoms with van der Waals surface area (Å²) in [5, 5.41) is 20.3. The van der Waals surface area contributed by atoms with Crippen molar-refractivity contribution in [3.63, 3.8) is 0 Å². The summed E-state index contributed by atoms with van der Waals surface area (Å²) < 4.78 is 1.98. The standard InChI is InChI=1S/C25H23N7OS/c1-16(2)17-4-7-21(8-5-17)32-24(18-9-11-26-12-10-18)30-31-25(32)34-15-23(33)28-20-6-3-19-14-27-29-22(19)13-20/h3-14,16H,15H2,1-2H3,(H,27,29)(H,28,33). The molecule has 0 aliphatic heterocycles. The second kappa shape index (κ2) is 9.48. The van der Waals surface area contributed by atoms with E-state index in [1.165, 1.54) is 17.3 Å². The van der Waals surface area contributed by atoms with Crippen molar-refractivity contribution in [2.45, 2.75) is 24.9 Å². The minimum atomic E-state index is -0.126. The van der Waals surface area contributed by atoms with Crippen LogP contribution >= 0.6 is 11.8 Å². The van der Waals surface area contributed by atoms with Crippen molar-refractivity contribution in [2.24, 2.45) is 0 Å². The predicted molar refractivity (Wildman–Crippen MR) is 134 cm³/mol. The van der Waals surface area contributed by atoms with E-state index in [9.17, 15) is 4.79 Å². The van der Waals surface area contributed by atoms with Gasteiger partial charge in [0.2, 0.25) is 5.91 Å². The summed E-state index contributed by atoms with van der Waals surface area (Å²) in [6.45, 7) is 4.33. The Labute approximate surface area is 200 Å². The third-order valence-corrected chi connectivity index (χ3v) is 6.38. The zero-order chi connectivity index (χ0) is 23.5. The quantitative estimate of drug-likeness (QED) is 0.323. The molecule has 5 aromatic rings. The van der Waals surface area contributed by atoms with Crippen LogP contribution in [0.4, 0.5) is 5.69 Å². The third kappa shape index (κ3) is 4.55. The summed E-state index contributed by atoms with van der Waals surface area (Å²) in [5.41, 5.74) is 4.68. The highest BCUT2D eigenvalue weighted by Gasteiger charge is 2.18. The summed E-state index contributed by atoms with van der Waals surface area (Å²) in [6, 6.07) is 17.8. The van der Waals surface area contributed by atoms with Gasteiger partial charge in [0.1, 0.15) is 0 Å². The molecule has 0 fully saturated rings. The van der Waals surface area contributed by atoms with Crippen LogP contribution in [-0.2, 0) is 4.79 Å². The van der Waals surface area contributed by atoms with E-state index in [1.807, 2.05) is 34.9 Å². The lowest BCUT2D eigenvalue weighted by Crippen LogP contribution is -2.14. The summed E-state index contributed by atoms with van der Waals surface area (Å²) in [7, 11) is 0. The summed E-state index contributed by atoms with van der Waals surface area (Å²) >= 11 is 1.34. The first-order valence-corrected chi connectivity index (χ1v) is 11.9. The van der Waals surface area contributed by atoms with E-state index in [0.717, 1.165) is 22.2 Å². The summed E-state index contributed by atoms with van der Waals surface area (Å²) in [4.78, 5) is 16.8. The smallest absolute Gasteiger partial charge is 0.234 e. The number of thioether (sulfide) groups is 1. The Morgan fingerprint density at radius 2 is 1.85 bits per heavy atom. The second-order valence-corrected chi connectivity index (χ2v) is 9.08. The van der Waals surface area contributed by atoms with Gasteiger partial charge in [-0.25, -0.2) is 0 Å². The van der Waals surface area contributed by atoms with Crippen molar-refractivity contribution >= 4 is 34.3 Å². The number of fused-ring (bicyclic) bond motifs is 1. The molecule has 1 amide bonds. The first-order valence-electron chi connectivity index (χ1n) is 10.9. The van der Waals surface area contributed by atoms with Gasteiger partial charge in [0, 0.05) is 34.7 Å². The highest BCUT2D eigenvalue weighted by molar-refractivity contribution is 7.99. The lowest BCUT2D eigenvalue weighted by molar-refractivity contribution is -0.113. The van der Waals surface area contributed by atoms with Gasteiger partial charge in [-0.3, -0.25) is 19.4 Å². The van der Waals surface area contributed by atoms with Crippen LogP contribution in [0.25, 0.3) is 28.0 Å². The molecule has 0 radical (unpaired) electrons. The van der Waals surface area contributed by atoms with Gasteiger partial charge >= 0.3 is 0 Å². The number of amides is 1. The zero-order valence-corrected chi connectivity index (χ0v) is 19.6. The van der Waals surface area contributed by atoms with Crippen LogP contribution in [-0.4, -0.2) is 41.6 Å². The number of pyridine rings is 1. The van der Waals surface area contributed by atoms with Crippen LogP contribution in [0.2, 0.25) is 0 Å². The van der Waals surface area contributed by atoms with Gasteiger partial charge in [0.15, 0.2) is 11.0 Å². The molecule has 34 heavy (non-hydrogen) atoms. The molecule has 3 heterocycles. The number of anilines is 1. The fourth-order valence-corrected chi connectivity index (χ4v) is 4.39. The second-order valence-electron chi connectivity index (χ2n) is 8.13. The maximum Gasteiger partial charge on any atom is 0.234 e. The number of rotatable bonds is 7. The van der Waals surface area contributed by atoms with Crippen molar-refractivity contribution in [1.82, 2.24) is 29.9 Å². The van der Waals surface area contributed by atoms with Gasteiger partial charge in [0.25, 0.3) is 0 Å². The fraction of sp³-hybridized carbons (Fsp3) is 0.160. The molecule has 2 N–H and O–H groups in total. The van der Waals surface area contributed by atoms with Gasteiger partial charge in [-0.1, -0.05) is 37.7 Å². The van der Waals surface area contributed by atoms with Crippen molar-refractivity contribution in [1.29, 1.82) is 0 Å². The Kier molecular flexibility index (Phi) is 6.09. The van der Waals surface area contributed by atoms with E-state index in [2.05, 4.69) is 68.8 Å². The van der Waals surface area contributed by atoms with Gasteiger partial charge in [0.05, 0.1) is 17.5 Å². The molecule has 8 nitrogen and oxygen atoms in total. The van der Waals surface area contributed by atoms with Crippen molar-refractivity contribution in [3.8, 4) is 17.1 Å². The number of carbonyl (C=O) groups excluding carboxylic acids is 1. The monoisotopic (exact) mass is 469 g/mol. The summed E-state index contributed by atoms with van der Waals surface area (Å²) in [5.74, 6) is 1.21. The van der Waals surface area contributed by atoms with Crippen molar-refractivity contribution < 1.29 is 4.79 Å². The Balaban J connectivity index is 1.39. The molecule has 0 bridgehead atoms. The Morgan fingerprint density at radius 1 is 1.06 bits per heavy atom. The van der Waals surface area contributed by atoms with Crippen molar-refractivity contribution in [2.75, 3.05) is 11.1 Å². The predicted octanol–water partition coefficient (Wildman–Crippen LogP) is 5.06. The van der Waals surface area contributed by atoms with E-state index >= 15 is 0 Å². The zero-order valence-electron chi connectivity index (χ0n) is 18.8.